The summed E-state index contributed by atoms with van der Waals surface area (Å²) in [5, 5.41) is 2.61. The fraction of sp³-hybridized carbons (Fsp3) is 0.278. The number of anilines is 2. The Hall–Kier alpha value is -2.34. The summed E-state index contributed by atoms with van der Waals surface area (Å²) in [6.45, 7) is 5.53. The minimum Gasteiger partial charge on any atom is -0.326 e. The van der Waals surface area contributed by atoms with Gasteiger partial charge in [0, 0.05) is 12.6 Å². The zero-order valence-electron chi connectivity index (χ0n) is 14.0. The van der Waals surface area contributed by atoms with Crippen LogP contribution in [0.5, 0.6) is 0 Å². The Bertz CT molecular complexity index is 814. The van der Waals surface area contributed by atoms with Gasteiger partial charge in [-0.05, 0) is 48.2 Å². The topological polar surface area (TPSA) is 75.3 Å². The molecule has 2 aromatic carbocycles. The van der Waals surface area contributed by atoms with E-state index in [0.29, 0.717) is 11.4 Å². The van der Waals surface area contributed by atoms with E-state index in [1.165, 1.54) is 19.1 Å². The quantitative estimate of drug-likeness (QED) is 0.831. The first-order valence-corrected chi connectivity index (χ1v) is 9.31. The minimum absolute atomic E-state index is 0.149. The lowest BCUT2D eigenvalue weighted by molar-refractivity contribution is -0.114. The Morgan fingerprint density at radius 2 is 1.71 bits per heavy atom. The van der Waals surface area contributed by atoms with Gasteiger partial charge in [-0.3, -0.25) is 9.52 Å². The van der Waals surface area contributed by atoms with Crippen molar-refractivity contribution in [2.24, 2.45) is 0 Å². The van der Waals surface area contributed by atoms with Crippen LogP contribution in [0.15, 0.2) is 53.4 Å². The lowest BCUT2D eigenvalue weighted by Gasteiger charge is -2.16. The maximum atomic E-state index is 12.6. The van der Waals surface area contributed by atoms with Crippen LogP contribution in [0, 0.1) is 0 Å². The van der Waals surface area contributed by atoms with Gasteiger partial charge in [0.1, 0.15) is 0 Å². The van der Waals surface area contributed by atoms with Crippen LogP contribution in [0.1, 0.15) is 38.7 Å². The van der Waals surface area contributed by atoms with Gasteiger partial charge in [0.15, 0.2) is 0 Å². The lowest BCUT2D eigenvalue weighted by Crippen LogP contribution is -2.15. The second-order valence-corrected chi connectivity index (χ2v) is 7.39. The van der Waals surface area contributed by atoms with Crippen LogP contribution in [0.3, 0.4) is 0 Å². The third kappa shape index (κ3) is 4.35. The van der Waals surface area contributed by atoms with Gasteiger partial charge in [0.05, 0.1) is 10.6 Å². The number of rotatable bonds is 6. The fourth-order valence-electron chi connectivity index (χ4n) is 2.36. The first kappa shape index (κ1) is 18.0. The highest BCUT2D eigenvalue weighted by Gasteiger charge is 2.17. The van der Waals surface area contributed by atoms with Gasteiger partial charge in [-0.1, -0.05) is 32.0 Å². The third-order valence-corrected chi connectivity index (χ3v) is 5.21. The molecule has 0 spiro atoms. The molecule has 6 heteroatoms. The van der Waals surface area contributed by atoms with E-state index in [0.717, 1.165) is 12.0 Å². The molecule has 0 aliphatic carbocycles. The number of hydrogen-bond donors (Lipinski definition) is 2. The Morgan fingerprint density at radius 3 is 2.29 bits per heavy atom. The molecule has 0 saturated carbocycles. The summed E-state index contributed by atoms with van der Waals surface area (Å²) in [7, 11) is -3.69. The Morgan fingerprint density at radius 1 is 1.08 bits per heavy atom. The third-order valence-electron chi connectivity index (χ3n) is 3.83. The highest BCUT2D eigenvalue weighted by atomic mass is 32.2. The van der Waals surface area contributed by atoms with Gasteiger partial charge in [0.25, 0.3) is 10.0 Å². The van der Waals surface area contributed by atoms with Gasteiger partial charge in [0.2, 0.25) is 5.91 Å². The van der Waals surface area contributed by atoms with Gasteiger partial charge < -0.3 is 5.32 Å². The largest absolute Gasteiger partial charge is 0.326 e. The van der Waals surface area contributed by atoms with Crippen molar-refractivity contribution in [2.75, 3.05) is 10.0 Å². The van der Waals surface area contributed by atoms with E-state index in [4.69, 9.17) is 0 Å². The molecule has 0 bridgehead atoms. The number of nitrogens with one attached hydrogen (secondary N) is 2. The first-order chi connectivity index (χ1) is 11.3. The standard InChI is InChI=1S/C18H22N2O3S/c1-4-13(2)17-7-5-6-8-18(17)20-24(22,23)16-11-9-15(10-12-16)19-14(3)21/h5-13,20H,4H2,1-3H3,(H,19,21). The van der Waals surface area contributed by atoms with Crippen LogP contribution in [0.4, 0.5) is 11.4 Å². The smallest absolute Gasteiger partial charge is 0.261 e. The van der Waals surface area contributed by atoms with E-state index in [1.54, 1.807) is 18.2 Å². The van der Waals surface area contributed by atoms with E-state index in [2.05, 4.69) is 23.9 Å². The van der Waals surface area contributed by atoms with E-state index in [9.17, 15) is 13.2 Å². The van der Waals surface area contributed by atoms with E-state index in [-0.39, 0.29) is 16.7 Å². The summed E-state index contributed by atoms with van der Waals surface area (Å²) in [6.07, 6.45) is 0.921. The highest BCUT2D eigenvalue weighted by molar-refractivity contribution is 7.92. The van der Waals surface area contributed by atoms with Crippen molar-refractivity contribution in [3.8, 4) is 0 Å². The van der Waals surface area contributed by atoms with Crippen molar-refractivity contribution in [2.45, 2.75) is 38.0 Å². The molecule has 1 amide bonds. The molecular formula is C18H22N2O3S. The molecule has 0 saturated heterocycles. The molecule has 2 aromatic rings. The number of benzene rings is 2. The molecule has 0 aliphatic heterocycles. The summed E-state index contributed by atoms with van der Waals surface area (Å²) in [6, 6.07) is 13.5. The molecule has 0 radical (unpaired) electrons. The van der Waals surface area contributed by atoms with Crippen molar-refractivity contribution in [1.82, 2.24) is 0 Å². The normalized spacial score (nSPS) is 12.5. The number of carbonyl (C=O) groups is 1. The summed E-state index contributed by atoms with van der Waals surface area (Å²) in [5.74, 6) is 0.0530. The van der Waals surface area contributed by atoms with Gasteiger partial charge >= 0.3 is 0 Å². The maximum absolute atomic E-state index is 12.6. The predicted octanol–water partition coefficient (Wildman–Crippen LogP) is 3.96. The SMILES string of the molecule is CCC(C)c1ccccc1NS(=O)(=O)c1ccc(NC(C)=O)cc1. The molecule has 5 nitrogen and oxygen atoms in total. The second kappa shape index (κ2) is 7.49. The molecule has 1 atom stereocenters. The van der Waals surface area contributed by atoms with Crippen molar-refractivity contribution in [3.05, 3.63) is 54.1 Å². The van der Waals surface area contributed by atoms with Gasteiger partial charge in [-0.25, -0.2) is 8.42 Å². The molecule has 0 aliphatic rings. The lowest BCUT2D eigenvalue weighted by atomic mass is 9.97. The number of sulfonamides is 1. The maximum Gasteiger partial charge on any atom is 0.261 e. The van der Waals surface area contributed by atoms with Crippen LogP contribution in [0.25, 0.3) is 0 Å². The molecule has 2 N–H and O–H groups in total. The van der Waals surface area contributed by atoms with Crippen LogP contribution >= 0.6 is 0 Å². The van der Waals surface area contributed by atoms with E-state index >= 15 is 0 Å². The van der Waals surface area contributed by atoms with Crippen LogP contribution in [0.2, 0.25) is 0 Å². The summed E-state index contributed by atoms with van der Waals surface area (Å²) in [4.78, 5) is 11.2. The molecule has 2 rings (SSSR count). The molecule has 0 heterocycles. The summed E-state index contributed by atoms with van der Waals surface area (Å²) in [5.41, 5.74) is 2.12. The average molecular weight is 346 g/mol. The second-order valence-electron chi connectivity index (χ2n) is 5.71. The highest BCUT2D eigenvalue weighted by Crippen LogP contribution is 2.28. The summed E-state index contributed by atoms with van der Waals surface area (Å²) < 4.78 is 27.9. The predicted molar refractivity (Wildman–Crippen MR) is 96.7 cm³/mol. The Labute approximate surface area is 143 Å². The molecule has 128 valence electrons. The summed E-state index contributed by atoms with van der Waals surface area (Å²) >= 11 is 0. The molecule has 0 fully saturated rings. The number of para-hydroxylation sites is 1. The van der Waals surface area contributed by atoms with Crippen molar-refractivity contribution in [3.63, 3.8) is 0 Å². The van der Waals surface area contributed by atoms with E-state index in [1.807, 2.05) is 18.2 Å². The first-order valence-electron chi connectivity index (χ1n) is 7.83. The zero-order valence-corrected chi connectivity index (χ0v) is 14.9. The average Bonchev–Trinajstić information content (AvgIpc) is 2.54. The fourth-order valence-corrected chi connectivity index (χ4v) is 3.45. The Kier molecular flexibility index (Phi) is 5.62. The van der Waals surface area contributed by atoms with Crippen molar-refractivity contribution in [1.29, 1.82) is 0 Å². The van der Waals surface area contributed by atoms with E-state index < -0.39 is 10.0 Å². The Balaban J connectivity index is 2.27. The number of carbonyl (C=O) groups excluding carboxylic acids is 1. The van der Waals surface area contributed by atoms with Crippen LogP contribution in [-0.2, 0) is 14.8 Å². The molecule has 1 unspecified atom stereocenters. The molecule has 0 aromatic heterocycles. The number of amides is 1. The van der Waals surface area contributed by atoms with Crippen LogP contribution < -0.4 is 10.0 Å². The van der Waals surface area contributed by atoms with Gasteiger partial charge in [-0.15, -0.1) is 0 Å². The van der Waals surface area contributed by atoms with Crippen LogP contribution in [-0.4, -0.2) is 14.3 Å². The van der Waals surface area contributed by atoms with Crippen molar-refractivity contribution >= 4 is 27.3 Å². The zero-order chi connectivity index (χ0) is 17.7. The minimum atomic E-state index is -3.69. The monoisotopic (exact) mass is 346 g/mol. The molecular weight excluding hydrogens is 324 g/mol. The molecule has 24 heavy (non-hydrogen) atoms. The number of hydrogen-bond acceptors (Lipinski definition) is 3. The van der Waals surface area contributed by atoms with Crippen molar-refractivity contribution < 1.29 is 13.2 Å². The van der Waals surface area contributed by atoms with Gasteiger partial charge in [-0.2, -0.15) is 0 Å².